The van der Waals surface area contributed by atoms with Crippen LogP contribution in [0.2, 0.25) is 0 Å². The van der Waals surface area contributed by atoms with Gasteiger partial charge in [0.25, 0.3) is 0 Å². The highest BCUT2D eigenvalue weighted by Crippen LogP contribution is 2.19. The number of ether oxygens (including phenoxy) is 2. The summed E-state index contributed by atoms with van der Waals surface area (Å²) >= 11 is 0. The lowest BCUT2D eigenvalue weighted by Gasteiger charge is -2.34. The van der Waals surface area contributed by atoms with Gasteiger partial charge in [0, 0.05) is 18.2 Å². The molecule has 0 amide bonds. The zero-order valence-corrected chi connectivity index (χ0v) is 13.1. The second-order valence-electron chi connectivity index (χ2n) is 5.82. The van der Waals surface area contributed by atoms with Crippen LogP contribution in [0.3, 0.4) is 0 Å². The molecule has 1 aromatic carbocycles. The van der Waals surface area contributed by atoms with Gasteiger partial charge < -0.3 is 14.6 Å². The fraction of sp³-hybridized carbons (Fsp3) is 0.647. The van der Waals surface area contributed by atoms with Crippen LogP contribution in [0, 0.1) is 0 Å². The Kier molecular flexibility index (Phi) is 6.49. The number of aliphatic hydroxyl groups is 1. The van der Waals surface area contributed by atoms with E-state index in [1.54, 1.807) is 7.11 Å². The minimum atomic E-state index is -0.430. The highest BCUT2D eigenvalue weighted by molar-refractivity contribution is 5.32. The molecule has 0 aromatic heterocycles. The van der Waals surface area contributed by atoms with Crippen molar-refractivity contribution in [3.8, 4) is 5.75 Å². The Hall–Kier alpha value is -1.10. The summed E-state index contributed by atoms with van der Waals surface area (Å²) in [5, 5.41) is 10.1. The van der Waals surface area contributed by atoms with Gasteiger partial charge in [-0.05, 0) is 32.4 Å². The van der Waals surface area contributed by atoms with Crippen LogP contribution < -0.4 is 4.74 Å². The molecule has 1 aromatic rings. The molecule has 2 atom stereocenters. The smallest absolute Gasteiger partial charge is 0.124 e. The van der Waals surface area contributed by atoms with Crippen molar-refractivity contribution in [1.29, 1.82) is 0 Å². The minimum Gasteiger partial charge on any atom is -0.496 e. The number of nitrogens with zero attached hydrogens (tertiary/aromatic N) is 1. The predicted molar refractivity (Wildman–Crippen MR) is 83.5 cm³/mol. The van der Waals surface area contributed by atoms with Crippen LogP contribution in [0.4, 0.5) is 0 Å². The second kappa shape index (κ2) is 8.37. The maximum atomic E-state index is 10.1. The molecular formula is C17H27NO3. The largest absolute Gasteiger partial charge is 0.496 e. The molecule has 0 saturated carbocycles. The summed E-state index contributed by atoms with van der Waals surface area (Å²) in [6.07, 6.45) is 3.34. The highest BCUT2D eigenvalue weighted by atomic mass is 16.5. The number of likely N-dealkylation sites (tertiary alicyclic amines) is 1. The molecule has 0 bridgehead atoms. The molecule has 4 heteroatoms. The summed E-state index contributed by atoms with van der Waals surface area (Å²) in [7, 11) is 1.66. The summed E-state index contributed by atoms with van der Waals surface area (Å²) in [6, 6.07) is 8.38. The van der Waals surface area contributed by atoms with Crippen molar-refractivity contribution in [2.24, 2.45) is 0 Å². The third-order valence-corrected chi connectivity index (χ3v) is 4.15. The normalized spacial score (nSPS) is 21.2. The van der Waals surface area contributed by atoms with E-state index in [0.29, 0.717) is 25.8 Å². The maximum Gasteiger partial charge on any atom is 0.124 e. The number of aliphatic hydroxyl groups excluding tert-OH is 1. The van der Waals surface area contributed by atoms with Gasteiger partial charge in [0.05, 0.1) is 26.4 Å². The van der Waals surface area contributed by atoms with Crippen LogP contribution in [-0.2, 0) is 11.3 Å². The van der Waals surface area contributed by atoms with Crippen LogP contribution in [-0.4, -0.2) is 49.0 Å². The number of piperidine rings is 1. The molecule has 4 nitrogen and oxygen atoms in total. The number of β-amino-alcohol motifs (C(OH)–C–C–N with tert-alkyl or cyclic N) is 1. The van der Waals surface area contributed by atoms with Gasteiger partial charge in [0.2, 0.25) is 0 Å². The predicted octanol–water partition coefficient (Wildman–Crippen LogP) is 2.45. The molecule has 0 spiro atoms. The van der Waals surface area contributed by atoms with Gasteiger partial charge in [-0.15, -0.1) is 0 Å². The first-order chi connectivity index (χ1) is 10.2. The second-order valence-corrected chi connectivity index (χ2v) is 5.82. The summed E-state index contributed by atoms with van der Waals surface area (Å²) in [5.41, 5.74) is 1.01. The van der Waals surface area contributed by atoms with Crippen molar-refractivity contribution < 1.29 is 14.6 Å². The Bertz CT molecular complexity index is 424. The molecule has 1 aliphatic rings. The van der Waals surface area contributed by atoms with E-state index in [1.165, 1.54) is 19.3 Å². The van der Waals surface area contributed by atoms with Crippen molar-refractivity contribution >= 4 is 0 Å². The molecule has 1 fully saturated rings. The topological polar surface area (TPSA) is 41.9 Å². The van der Waals surface area contributed by atoms with E-state index in [9.17, 15) is 5.11 Å². The molecule has 1 aliphatic heterocycles. The molecule has 2 rings (SSSR count). The van der Waals surface area contributed by atoms with Gasteiger partial charge in [-0.25, -0.2) is 0 Å². The van der Waals surface area contributed by atoms with Crippen molar-refractivity contribution in [2.45, 2.75) is 44.9 Å². The lowest BCUT2D eigenvalue weighted by atomic mass is 10.0. The lowest BCUT2D eigenvalue weighted by Crippen LogP contribution is -2.43. The van der Waals surface area contributed by atoms with Crippen LogP contribution in [0.15, 0.2) is 24.3 Å². The number of benzene rings is 1. The van der Waals surface area contributed by atoms with Crippen LogP contribution in [0.25, 0.3) is 0 Å². The van der Waals surface area contributed by atoms with Crippen molar-refractivity contribution in [3.63, 3.8) is 0 Å². The number of hydrogen-bond acceptors (Lipinski definition) is 4. The Morgan fingerprint density at radius 3 is 2.90 bits per heavy atom. The molecule has 0 aliphatic carbocycles. The zero-order valence-electron chi connectivity index (χ0n) is 13.1. The molecule has 118 valence electrons. The Morgan fingerprint density at radius 2 is 2.14 bits per heavy atom. The first-order valence-corrected chi connectivity index (χ1v) is 7.82. The summed E-state index contributed by atoms with van der Waals surface area (Å²) in [6.45, 7) is 4.86. The van der Waals surface area contributed by atoms with Gasteiger partial charge in [0.1, 0.15) is 5.75 Å². The molecular weight excluding hydrogens is 266 g/mol. The molecule has 21 heavy (non-hydrogen) atoms. The van der Waals surface area contributed by atoms with E-state index in [2.05, 4.69) is 11.8 Å². The summed E-state index contributed by atoms with van der Waals surface area (Å²) < 4.78 is 10.9. The number of methoxy groups -OCH3 is 1. The van der Waals surface area contributed by atoms with E-state index in [0.717, 1.165) is 17.9 Å². The molecule has 1 saturated heterocycles. The van der Waals surface area contributed by atoms with E-state index in [4.69, 9.17) is 9.47 Å². The van der Waals surface area contributed by atoms with E-state index in [1.807, 2.05) is 24.3 Å². The minimum absolute atomic E-state index is 0.362. The fourth-order valence-electron chi connectivity index (χ4n) is 2.88. The highest BCUT2D eigenvalue weighted by Gasteiger charge is 2.20. The fourth-order valence-corrected chi connectivity index (χ4v) is 2.88. The number of hydrogen-bond donors (Lipinski definition) is 1. The van der Waals surface area contributed by atoms with Gasteiger partial charge in [-0.3, -0.25) is 4.90 Å². The third kappa shape index (κ3) is 4.99. The zero-order chi connectivity index (χ0) is 15.1. The SMILES string of the molecule is COc1ccccc1COC[C@@H](O)CN1CCCC[C@@H]1C. The summed E-state index contributed by atoms with van der Waals surface area (Å²) in [5.74, 6) is 0.830. The van der Waals surface area contributed by atoms with Crippen molar-refractivity contribution in [3.05, 3.63) is 29.8 Å². The molecule has 0 radical (unpaired) electrons. The van der Waals surface area contributed by atoms with Gasteiger partial charge >= 0.3 is 0 Å². The standard InChI is InChI=1S/C17H27NO3/c1-14-7-5-6-10-18(14)11-16(19)13-21-12-15-8-3-4-9-17(15)20-2/h3-4,8-9,14,16,19H,5-7,10-13H2,1-2H3/t14-,16-/m0/s1. The van der Waals surface area contributed by atoms with Crippen LogP contribution in [0.5, 0.6) is 5.75 Å². The molecule has 1 N–H and O–H groups in total. The van der Waals surface area contributed by atoms with Crippen molar-refractivity contribution in [1.82, 2.24) is 4.90 Å². The third-order valence-electron chi connectivity index (χ3n) is 4.15. The maximum absolute atomic E-state index is 10.1. The van der Waals surface area contributed by atoms with Crippen molar-refractivity contribution in [2.75, 3.05) is 26.8 Å². The number of para-hydroxylation sites is 1. The van der Waals surface area contributed by atoms with Crippen LogP contribution in [0.1, 0.15) is 31.7 Å². The number of rotatable bonds is 7. The van der Waals surface area contributed by atoms with Gasteiger partial charge in [-0.2, -0.15) is 0 Å². The van der Waals surface area contributed by atoms with Gasteiger partial charge in [0.15, 0.2) is 0 Å². The monoisotopic (exact) mass is 293 g/mol. The Morgan fingerprint density at radius 1 is 1.33 bits per heavy atom. The van der Waals surface area contributed by atoms with E-state index in [-0.39, 0.29) is 0 Å². The van der Waals surface area contributed by atoms with Gasteiger partial charge in [-0.1, -0.05) is 24.6 Å². The van der Waals surface area contributed by atoms with E-state index < -0.39 is 6.10 Å². The Labute approximate surface area is 127 Å². The lowest BCUT2D eigenvalue weighted by molar-refractivity contribution is -0.00177. The first-order valence-electron chi connectivity index (χ1n) is 7.82. The average Bonchev–Trinajstić information content (AvgIpc) is 2.50. The first kappa shape index (κ1) is 16.3. The van der Waals surface area contributed by atoms with E-state index >= 15 is 0 Å². The Balaban J connectivity index is 1.72. The molecule has 0 unspecified atom stereocenters. The average molecular weight is 293 g/mol. The summed E-state index contributed by atoms with van der Waals surface area (Å²) in [4.78, 5) is 2.36. The quantitative estimate of drug-likeness (QED) is 0.838. The van der Waals surface area contributed by atoms with Crippen LogP contribution >= 0.6 is 0 Å². The molecule has 1 heterocycles.